The van der Waals surface area contributed by atoms with Gasteiger partial charge in [-0.3, -0.25) is 4.98 Å². The number of nitrogens with zero attached hydrogens (tertiary/aromatic N) is 1. The zero-order chi connectivity index (χ0) is 16.7. The van der Waals surface area contributed by atoms with Crippen molar-refractivity contribution < 1.29 is 0 Å². The van der Waals surface area contributed by atoms with Crippen LogP contribution in [-0.4, -0.2) is 11.0 Å². The van der Waals surface area contributed by atoms with Crippen molar-refractivity contribution in [3.05, 3.63) is 65.2 Å². The third-order valence-electron chi connectivity index (χ3n) is 3.78. The molecule has 0 saturated heterocycles. The third kappa shape index (κ3) is 5.15. The first kappa shape index (κ1) is 18.2. The first-order valence-electron chi connectivity index (χ1n) is 7.84. The molecule has 0 fully saturated rings. The molecule has 0 aromatic carbocycles. The molecule has 22 heavy (non-hydrogen) atoms. The number of rotatable bonds is 7. The van der Waals surface area contributed by atoms with Gasteiger partial charge in [-0.25, -0.2) is 0 Å². The molecule has 0 amide bonds. The summed E-state index contributed by atoms with van der Waals surface area (Å²) in [5.74, 6) is 0. The molecule has 0 aliphatic heterocycles. The van der Waals surface area contributed by atoms with E-state index in [1.165, 1.54) is 5.56 Å². The molecular weight excluding hydrogens is 270 g/mol. The summed E-state index contributed by atoms with van der Waals surface area (Å²) in [4.78, 5) is 4.42. The van der Waals surface area contributed by atoms with Gasteiger partial charge in [0.05, 0.1) is 0 Å². The van der Waals surface area contributed by atoms with Crippen LogP contribution in [0.15, 0.2) is 48.3 Å². The van der Waals surface area contributed by atoms with E-state index in [-0.39, 0.29) is 12.1 Å². The molecular formula is C19H29N3. The molecule has 120 valence electrons. The monoisotopic (exact) mass is 299 g/mol. The van der Waals surface area contributed by atoms with Crippen LogP contribution < -0.4 is 11.1 Å². The number of hydrogen-bond donors (Lipinski definition) is 2. The lowest BCUT2D eigenvalue weighted by molar-refractivity contribution is 0.674. The molecule has 1 aromatic heterocycles. The molecule has 3 nitrogen and oxygen atoms in total. The molecule has 0 aliphatic carbocycles. The van der Waals surface area contributed by atoms with Crippen LogP contribution in [0, 0.1) is 13.8 Å². The summed E-state index contributed by atoms with van der Waals surface area (Å²) >= 11 is 0. The van der Waals surface area contributed by atoms with Gasteiger partial charge in [-0.15, -0.1) is 0 Å². The second kappa shape index (κ2) is 8.54. The highest BCUT2D eigenvalue weighted by Gasteiger charge is 2.09. The summed E-state index contributed by atoms with van der Waals surface area (Å²) in [5.41, 5.74) is 11.6. The van der Waals surface area contributed by atoms with Gasteiger partial charge in [0.25, 0.3) is 0 Å². The molecule has 3 heteroatoms. The molecule has 2 unspecified atom stereocenters. The minimum absolute atomic E-state index is 0.130. The predicted octanol–water partition coefficient (Wildman–Crippen LogP) is 4.10. The largest absolute Gasteiger partial charge is 0.384 e. The fourth-order valence-electron chi connectivity index (χ4n) is 2.10. The number of nitrogens with one attached hydrogen (secondary N) is 1. The molecule has 1 aromatic rings. The van der Waals surface area contributed by atoms with Crippen LogP contribution in [0.25, 0.3) is 0 Å². The van der Waals surface area contributed by atoms with Gasteiger partial charge in [0, 0.05) is 30.2 Å². The van der Waals surface area contributed by atoms with Crippen LogP contribution in [0.4, 0.5) is 0 Å². The Kier molecular flexibility index (Phi) is 7.06. The van der Waals surface area contributed by atoms with Crippen molar-refractivity contribution in [2.45, 2.75) is 53.1 Å². The lowest BCUT2D eigenvalue weighted by Crippen LogP contribution is -2.23. The smallest absolute Gasteiger partial charge is 0.0497 e. The van der Waals surface area contributed by atoms with Crippen LogP contribution in [0.5, 0.6) is 0 Å². The second-order valence-corrected chi connectivity index (χ2v) is 5.80. The standard InChI is InChI=1S/C19H29N3/c1-7-8-9-19(20)18(13(2)3)12-22-16(6)17-10-14(4)15(5)21-11-17/h8-12,16,19,22H,2,7,20H2,1,3-6H3/b9-8-,18-12-. The van der Waals surface area contributed by atoms with E-state index in [0.29, 0.717) is 0 Å². The number of aromatic nitrogens is 1. The number of pyridine rings is 1. The maximum atomic E-state index is 6.21. The van der Waals surface area contributed by atoms with Crippen molar-refractivity contribution in [1.82, 2.24) is 10.3 Å². The Morgan fingerprint density at radius 3 is 2.68 bits per heavy atom. The van der Waals surface area contributed by atoms with Gasteiger partial charge in [-0.1, -0.05) is 37.3 Å². The Labute approximate surface area is 135 Å². The highest BCUT2D eigenvalue weighted by molar-refractivity contribution is 5.34. The van der Waals surface area contributed by atoms with Crippen molar-refractivity contribution in [2.75, 3.05) is 0 Å². The van der Waals surface area contributed by atoms with E-state index in [1.807, 2.05) is 32.3 Å². The Bertz CT molecular complexity index is 570. The number of allylic oxidation sites excluding steroid dienone is 1. The van der Waals surface area contributed by atoms with Crippen molar-refractivity contribution in [3.8, 4) is 0 Å². The number of hydrogen-bond acceptors (Lipinski definition) is 3. The predicted molar refractivity (Wildman–Crippen MR) is 95.6 cm³/mol. The zero-order valence-electron chi connectivity index (χ0n) is 14.5. The molecule has 2 atom stereocenters. The molecule has 0 bridgehead atoms. The Morgan fingerprint density at radius 1 is 1.45 bits per heavy atom. The normalized spacial score (nSPS) is 14.9. The van der Waals surface area contributed by atoms with Gasteiger partial charge in [0.2, 0.25) is 0 Å². The molecule has 1 rings (SSSR count). The summed E-state index contributed by atoms with van der Waals surface area (Å²) in [6, 6.07) is 2.21. The lowest BCUT2D eigenvalue weighted by Gasteiger charge is -2.17. The summed E-state index contributed by atoms with van der Waals surface area (Å²) in [6.07, 6.45) is 8.98. The van der Waals surface area contributed by atoms with E-state index >= 15 is 0 Å². The molecule has 3 N–H and O–H groups in total. The topological polar surface area (TPSA) is 50.9 Å². The van der Waals surface area contributed by atoms with E-state index in [9.17, 15) is 0 Å². The van der Waals surface area contributed by atoms with E-state index < -0.39 is 0 Å². The van der Waals surface area contributed by atoms with E-state index in [0.717, 1.165) is 28.8 Å². The SMILES string of the molecule is C=C(C)/C(=C/NC(C)c1cnc(C)c(C)c1)C(N)/C=C\CC. The maximum absolute atomic E-state index is 6.21. The first-order chi connectivity index (χ1) is 10.4. The molecule has 0 spiro atoms. The number of aryl methyl sites for hydroxylation is 2. The molecule has 0 radical (unpaired) electrons. The quantitative estimate of drug-likeness (QED) is 0.588. The van der Waals surface area contributed by atoms with Crippen molar-refractivity contribution in [1.29, 1.82) is 0 Å². The highest BCUT2D eigenvalue weighted by atomic mass is 14.9. The average Bonchev–Trinajstić information content (AvgIpc) is 2.47. The summed E-state index contributed by atoms with van der Waals surface area (Å²) in [6.45, 7) is 14.3. The fraction of sp³-hybridized carbons (Fsp3) is 0.421. The van der Waals surface area contributed by atoms with Gasteiger partial charge in [0.1, 0.15) is 0 Å². The second-order valence-electron chi connectivity index (χ2n) is 5.80. The molecule has 1 heterocycles. The van der Waals surface area contributed by atoms with Crippen LogP contribution in [0.1, 0.15) is 50.1 Å². The van der Waals surface area contributed by atoms with Crippen LogP contribution >= 0.6 is 0 Å². The fourth-order valence-corrected chi connectivity index (χ4v) is 2.10. The lowest BCUT2D eigenvalue weighted by atomic mass is 10.0. The average molecular weight is 299 g/mol. The zero-order valence-corrected chi connectivity index (χ0v) is 14.5. The Balaban J connectivity index is 2.87. The van der Waals surface area contributed by atoms with Crippen molar-refractivity contribution in [2.24, 2.45) is 5.73 Å². The van der Waals surface area contributed by atoms with Crippen molar-refractivity contribution >= 4 is 0 Å². The van der Waals surface area contributed by atoms with Crippen molar-refractivity contribution in [3.63, 3.8) is 0 Å². The number of nitrogens with two attached hydrogens (primary N) is 1. The minimum Gasteiger partial charge on any atom is -0.384 e. The maximum Gasteiger partial charge on any atom is 0.0497 e. The van der Waals surface area contributed by atoms with Crippen LogP contribution in [0.3, 0.4) is 0 Å². The molecule has 0 saturated carbocycles. The molecule has 0 aliphatic rings. The summed E-state index contributed by atoms with van der Waals surface area (Å²) < 4.78 is 0. The Hall–Kier alpha value is -1.87. The third-order valence-corrected chi connectivity index (χ3v) is 3.78. The van der Waals surface area contributed by atoms with Gasteiger partial charge < -0.3 is 11.1 Å². The summed E-state index contributed by atoms with van der Waals surface area (Å²) in [7, 11) is 0. The van der Waals surface area contributed by atoms with Crippen LogP contribution in [0.2, 0.25) is 0 Å². The summed E-state index contributed by atoms with van der Waals surface area (Å²) in [5, 5.41) is 3.41. The van der Waals surface area contributed by atoms with Gasteiger partial charge in [0.15, 0.2) is 0 Å². The minimum atomic E-state index is -0.130. The first-order valence-corrected chi connectivity index (χ1v) is 7.84. The van der Waals surface area contributed by atoms with Gasteiger partial charge >= 0.3 is 0 Å². The highest BCUT2D eigenvalue weighted by Crippen LogP contribution is 2.17. The van der Waals surface area contributed by atoms with E-state index in [4.69, 9.17) is 5.73 Å². The van der Waals surface area contributed by atoms with Gasteiger partial charge in [-0.05, 0) is 50.8 Å². The van der Waals surface area contributed by atoms with E-state index in [2.05, 4.69) is 49.8 Å². The Morgan fingerprint density at radius 2 is 2.14 bits per heavy atom. The van der Waals surface area contributed by atoms with Gasteiger partial charge in [-0.2, -0.15) is 0 Å². The van der Waals surface area contributed by atoms with Crippen LogP contribution in [-0.2, 0) is 0 Å². The van der Waals surface area contributed by atoms with E-state index in [1.54, 1.807) is 0 Å².